The molecule has 1 aliphatic carbocycles. The third kappa shape index (κ3) is 4.58. The average molecular weight is 558 g/mol. The summed E-state index contributed by atoms with van der Waals surface area (Å²) in [6.07, 6.45) is 8.79. The van der Waals surface area contributed by atoms with Crippen LogP contribution in [0, 0.1) is 5.92 Å². The summed E-state index contributed by atoms with van der Waals surface area (Å²) in [5, 5.41) is 1.21. The Kier molecular flexibility index (Phi) is 6.14. The highest BCUT2D eigenvalue weighted by molar-refractivity contribution is 6.00. The van der Waals surface area contributed by atoms with Crippen LogP contribution in [0.4, 0.5) is 0 Å². The summed E-state index contributed by atoms with van der Waals surface area (Å²) >= 11 is 0. The first-order chi connectivity index (χ1) is 20.6. The zero-order valence-electron chi connectivity index (χ0n) is 23.7. The number of benzene rings is 3. The number of carbonyl (C=O) groups is 1. The standard InChI is InChI=1S/C35H35N5O2/c36-28-7-4-14-38(22-28)35(41)27-18-29-33-32(20-27)42-16-15-39(33)34(37-29)31-19-26-17-24(9-8-23-5-2-1-3-6-23)12-13-30(26)40(31)21-25-10-11-25/h1-3,5-6,8-9,12-13,17-20,25,28H,4,7,10-11,14-16,21-22,36H2/b9-8+/t28-/m1/s1. The highest BCUT2D eigenvalue weighted by atomic mass is 16.5. The molecule has 3 aliphatic rings. The van der Waals surface area contributed by atoms with Crippen LogP contribution in [0.15, 0.2) is 66.7 Å². The van der Waals surface area contributed by atoms with Gasteiger partial charge in [-0.2, -0.15) is 0 Å². The number of nitrogens with zero attached hydrogens (tertiary/aromatic N) is 4. The number of hydrogen-bond acceptors (Lipinski definition) is 4. The minimum atomic E-state index is 0.00695. The lowest BCUT2D eigenvalue weighted by Gasteiger charge is -2.31. The summed E-state index contributed by atoms with van der Waals surface area (Å²) < 4.78 is 10.9. The zero-order valence-corrected chi connectivity index (χ0v) is 23.7. The number of imidazole rings is 1. The average Bonchev–Trinajstić information content (AvgIpc) is 3.67. The predicted octanol–water partition coefficient (Wildman–Crippen LogP) is 6.19. The van der Waals surface area contributed by atoms with Crippen LogP contribution in [0.3, 0.4) is 0 Å². The van der Waals surface area contributed by atoms with Crippen molar-refractivity contribution in [2.45, 2.75) is 44.8 Å². The van der Waals surface area contributed by atoms with Gasteiger partial charge >= 0.3 is 0 Å². The van der Waals surface area contributed by atoms with Crippen molar-refractivity contribution >= 4 is 40.0 Å². The molecule has 5 aromatic rings. The fourth-order valence-electron chi connectivity index (χ4n) is 6.59. The number of hydrogen-bond donors (Lipinski definition) is 1. The van der Waals surface area contributed by atoms with Crippen LogP contribution in [-0.4, -0.2) is 50.7 Å². The van der Waals surface area contributed by atoms with Gasteiger partial charge in [0.15, 0.2) is 5.82 Å². The fraction of sp³-hybridized carbons (Fsp3) is 0.314. The van der Waals surface area contributed by atoms with Crippen LogP contribution >= 0.6 is 0 Å². The number of nitrogens with two attached hydrogens (primary N) is 1. The molecule has 7 nitrogen and oxygen atoms in total. The second kappa shape index (κ2) is 10.2. The van der Waals surface area contributed by atoms with Crippen LogP contribution in [0.25, 0.3) is 45.6 Å². The molecule has 7 heteroatoms. The van der Waals surface area contributed by atoms with Gasteiger partial charge in [-0.3, -0.25) is 4.79 Å². The van der Waals surface area contributed by atoms with Gasteiger partial charge in [-0.15, -0.1) is 0 Å². The summed E-state index contributed by atoms with van der Waals surface area (Å²) in [6.45, 7) is 3.60. The minimum absolute atomic E-state index is 0.00695. The number of rotatable bonds is 6. The molecule has 2 N–H and O–H groups in total. The summed E-state index contributed by atoms with van der Waals surface area (Å²) in [5.41, 5.74) is 13.3. The van der Waals surface area contributed by atoms with Crippen molar-refractivity contribution in [2.75, 3.05) is 19.7 Å². The summed E-state index contributed by atoms with van der Waals surface area (Å²) in [6, 6.07) is 23.3. The zero-order chi connectivity index (χ0) is 28.2. The van der Waals surface area contributed by atoms with Crippen LogP contribution < -0.4 is 10.5 Å². The van der Waals surface area contributed by atoms with Crippen molar-refractivity contribution in [1.82, 2.24) is 19.0 Å². The number of ether oxygens (including phenoxy) is 1. The van der Waals surface area contributed by atoms with E-state index in [-0.39, 0.29) is 11.9 Å². The van der Waals surface area contributed by atoms with Gasteiger partial charge in [0, 0.05) is 42.1 Å². The largest absolute Gasteiger partial charge is 0.489 e. The minimum Gasteiger partial charge on any atom is -0.489 e. The Balaban J connectivity index is 1.21. The maximum atomic E-state index is 13.5. The predicted molar refractivity (Wildman–Crippen MR) is 167 cm³/mol. The third-order valence-electron chi connectivity index (χ3n) is 8.93. The number of carbonyl (C=O) groups excluding carboxylic acids is 1. The Morgan fingerprint density at radius 1 is 0.976 bits per heavy atom. The van der Waals surface area contributed by atoms with Crippen molar-refractivity contribution in [2.24, 2.45) is 11.7 Å². The first kappa shape index (κ1) is 25.4. The maximum absolute atomic E-state index is 13.5. The Hall–Kier alpha value is -4.36. The van der Waals surface area contributed by atoms with E-state index in [1.54, 1.807) is 0 Å². The maximum Gasteiger partial charge on any atom is 0.254 e. The molecule has 0 unspecified atom stereocenters. The second-order valence-corrected chi connectivity index (χ2v) is 12.1. The first-order valence-corrected chi connectivity index (χ1v) is 15.2. The summed E-state index contributed by atoms with van der Waals surface area (Å²) in [4.78, 5) is 20.6. The van der Waals surface area contributed by atoms with Crippen molar-refractivity contribution in [3.05, 3.63) is 83.4 Å². The van der Waals surface area contributed by atoms with E-state index in [2.05, 4.69) is 69.8 Å². The molecule has 1 atom stereocenters. The van der Waals surface area contributed by atoms with E-state index >= 15 is 0 Å². The number of likely N-dealkylation sites (tertiary alicyclic amines) is 1. The molecule has 8 rings (SSSR count). The monoisotopic (exact) mass is 557 g/mol. The molecule has 0 spiro atoms. The quantitative estimate of drug-likeness (QED) is 0.253. The molecule has 0 radical (unpaired) electrons. The molecule has 42 heavy (non-hydrogen) atoms. The van der Waals surface area contributed by atoms with E-state index in [0.717, 1.165) is 60.8 Å². The van der Waals surface area contributed by atoms with Gasteiger partial charge in [-0.25, -0.2) is 4.98 Å². The van der Waals surface area contributed by atoms with E-state index in [0.29, 0.717) is 24.6 Å². The lowest BCUT2D eigenvalue weighted by molar-refractivity contribution is 0.0708. The van der Waals surface area contributed by atoms with E-state index in [9.17, 15) is 4.79 Å². The van der Waals surface area contributed by atoms with Crippen molar-refractivity contribution in [1.29, 1.82) is 0 Å². The topological polar surface area (TPSA) is 78.3 Å². The van der Waals surface area contributed by atoms with Crippen LogP contribution in [0.2, 0.25) is 0 Å². The fourth-order valence-corrected chi connectivity index (χ4v) is 6.59. The molecule has 2 aromatic heterocycles. The van der Waals surface area contributed by atoms with Gasteiger partial charge in [-0.05, 0) is 73.1 Å². The summed E-state index contributed by atoms with van der Waals surface area (Å²) in [7, 11) is 0. The SMILES string of the molecule is N[C@@H]1CCCN(C(=O)c2cc3c4c(c2)nc(-c2cc5cc(/C=C/c6ccccc6)ccc5n2CC2CC2)n4CCO3)C1. The van der Waals surface area contributed by atoms with E-state index in [4.69, 9.17) is 15.5 Å². The third-order valence-corrected chi connectivity index (χ3v) is 8.93. The molecular formula is C35H35N5O2. The second-order valence-electron chi connectivity index (χ2n) is 12.1. The molecule has 0 bridgehead atoms. The van der Waals surface area contributed by atoms with E-state index in [1.807, 2.05) is 23.1 Å². The molecule has 2 aliphatic heterocycles. The molecule has 1 saturated heterocycles. The highest BCUT2D eigenvalue weighted by Gasteiger charge is 2.29. The molecular weight excluding hydrogens is 522 g/mol. The van der Waals surface area contributed by atoms with Gasteiger partial charge in [0.2, 0.25) is 0 Å². The molecule has 1 amide bonds. The number of amides is 1. The van der Waals surface area contributed by atoms with Gasteiger partial charge in [0.05, 0.1) is 17.8 Å². The van der Waals surface area contributed by atoms with Crippen LogP contribution in [0.1, 0.15) is 47.2 Å². The van der Waals surface area contributed by atoms with E-state index < -0.39 is 0 Å². The molecule has 2 fully saturated rings. The van der Waals surface area contributed by atoms with Crippen molar-refractivity contribution in [3.8, 4) is 17.3 Å². The van der Waals surface area contributed by atoms with E-state index in [1.165, 1.54) is 34.9 Å². The highest BCUT2D eigenvalue weighted by Crippen LogP contribution is 2.39. The van der Waals surface area contributed by atoms with Crippen LogP contribution in [-0.2, 0) is 13.1 Å². The number of fused-ring (bicyclic) bond motifs is 1. The molecule has 4 heterocycles. The van der Waals surface area contributed by atoms with Gasteiger partial charge < -0.3 is 24.5 Å². The first-order valence-electron chi connectivity index (χ1n) is 15.2. The molecule has 212 valence electrons. The number of aromatic nitrogens is 3. The van der Waals surface area contributed by atoms with Crippen LogP contribution in [0.5, 0.6) is 5.75 Å². The van der Waals surface area contributed by atoms with Gasteiger partial charge in [0.1, 0.15) is 17.9 Å². The van der Waals surface area contributed by atoms with Gasteiger partial charge in [0.25, 0.3) is 5.91 Å². The van der Waals surface area contributed by atoms with Crippen molar-refractivity contribution in [3.63, 3.8) is 0 Å². The van der Waals surface area contributed by atoms with Crippen molar-refractivity contribution < 1.29 is 9.53 Å². The number of piperidine rings is 1. The normalized spacial score (nSPS) is 18.7. The smallest absolute Gasteiger partial charge is 0.254 e. The van der Waals surface area contributed by atoms with Gasteiger partial charge in [-0.1, -0.05) is 48.6 Å². The summed E-state index contributed by atoms with van der Waals surface area (Å²) in [5.74, 6) is 2.40. The lowest BCUT2D eigenvalue weighted by Crippen LogP contribution is -2.45. The Morgan fingerprint density at radius 2 is 1.83 bits per heavy atom. The Labute approximate surface area is 245 Å². The Bertz CT molecular complexity index is 1850. The molecule has 1 saturated carbocycles. The molecule has 3 aromatic carbocycles. The lowest BCUT2D eigenvalue weighted by atomic mass is 10.0. The Morgan fingerprint density at radius 3 is 2.67 bits per heavy atom.